The highest BCUT2D eigenvalue weighted by atomic mass is 16.6. The summed E-state index contributed by atoms with van der Waals surface area (Å²) in [6.45, 7) is 2.81. The van der Waals surface area contributed by atoms with Gasteiger partial charge in [-0.3, -0.25) is 15.1 Å². The molecule has 0 aliphatic rings. The van der Waals surface area contributed by atoms with E-state index < -0.39 is 4.92 Å². The number of anilines is 1. The quantitative estimate of drug-likeness (QED) is 0.399. The molecule has 0 atom stereocenters. The Morgan fingerprint density at radius 2 is 2.21 bits per heavy atom. The van der Waals surface area contributed by atoms with Gasteiger partial charge >= 0.3 is 0 Å². The van der Waals surface area contributed by atoms with Crippen molar-refractivity contribution in [1.29, 1.82) is 0 Å². The second kappa shape index (κ2) is 6.90. The maximum absolute atomic E-state index is 11.1. The number of rotatable bonds is 7. The Balaban J connectivity index is 1.62. The SMILES string of the molecule is Cc1nonc1OCCCNc1ccc([N+](=O)[O-])c2cccnc12. The third-order valence-corrected chi connectivity index (χ3v) is 3.43. The summed E-state index contributed by atoms with van der Waals surface area (Å²) in [5.41, 5.74) is 1.97. The number of non-ortho nitro benzene ring substituents is 1. The first-order chi connectivity index (χ1) is 11.7. The average molecular weight is 329 g/mol. The van der Waals surface area contributed by atoms with Gasteiger partial charge in [-0.25, -0.2) is 4.63 Å². The zero-order valence-electron chi connectivity index (χ0n) is 12.9. The van der Waals surface area contributed by atoms with E-state index in [0.29, 0.717) is 42.0 Å². The predicted octanol–water partition coefficient (Wildman–Crippen LogP) is 2.72. The molecule has 2 heterocycles. The molecule has 9 nitrogen and oxygen atoms in total. The van der Waals surface area contributed by atoms with Gasteiger partial charge in [-0.2, -0.15) is 0 Å². The molecule has 0 unspecified atom stereocenters. The number of fused-ring (bicyclic) bond motifs is 1. The van der Waals surface area contributed by atoms with Crippen molar-refractivity contribution in [3.63, 3.8) is 0 Å². The van der Waals surface area contributed by atoms with Crippen LogP contribution in [0.1, 0.15) is 12.1 Å². The molecule has 1 aromatic carbocycles. The van der Waals surface area contributed by atoms with Gasteiger partial charge in [-0.05, 0) is 36.7 Å². The van der Waals surface area contributed by atoms with Gasteiger partial charge in [-0.15, -0.1) is 0 Å². The fourth-order valence-corrected chi connectivity index (χ4v) is 2.28. The number of nitro groups is 1. The van der Waals surface area contributed by atoms with Crippen LogP contribution < -0.4 is 10.1 Å². The Morgan fingerprint density at radius 3 is 2.96 bits per heavy atom. The number of pyridine rings is 1. The van der Waals surface area contributed by atoms with Crippen molar-refractivity contribution in [1.82, 2.24) is 15.3 Å². The summed E-state index contributed by atoms with van der Waals surface area (Å²) in [6, 6.07) is 6.52. The molecule has 0 fully saturated rings. The van der Waals surface area contributed by atoms with E-state index in [1.807, 2.05) is 0 Å². The van der Waals surface area contributed by atoms with Gasteiger partial charge in [0.15, 0.2) is 0 Å². The van der Waals surface area contributed by atoms with Crippen LogP contribution in [0.25, 0.3) is 10.9 Å². The molecular weight excluding hydrogens is 314 g/mol. The van der Waals surface area contributed by atoms with Crippen molar-refractivity contribution < 1.29 is 14.3 Å². The molecule has 0 radical (unpaired) electrons. The number of benzene rings is 1. The van der Waals surface area contributed by atoms with Gasteiger partial charge in [-0.1, -0.05) is 5.16 Å². The van der Waals surface area contributed by atoms with Gasteiger partial charge < -0.3 is 10.1 Å². The smallest absolute Gasteiger partial charge is 0.278 e. The molecule has 2 aromatic heterocycles. The number of nitrogens with zero attached hydrogens (tertiary/aromatic N) is 4. The predicted molar refractivity (Wildman–Crippen MR) is 86.0 cm³/mol. The van der Waals surface area contributed by atoms with Crippen molar-refractivity contribution in [2.24, 2.45) is 0 Å². The summed E-state index contributed by atoms with van der Waals surface area (Å²) in [5, 5.41) is 22.1. The van der Waals surface area contributed by atoms with Gasteiger partial charge in [0.1, 0.15) is 11.2 Å². The Hall–Kier alpha value is -3.23. The van der Waals surface area contributed by atoms with Crippen molar-refractivity contribution in [3.05, 3.63) is 46.3 Å². The number of ether oxygens (including phenoxy) is 1. The van der Waals surface area contributed by atoms with E-state index in [2.05, 4.69) is 25.2 Å². The molecule has 24 heavy (non-hydrogen) atoms. The molecule has 0 aliphatic carbocycles. The molecule has 9 heteroatoms. The van der Waals surface area contributed by atoms with Crippen LogP contribution >= 0.6 is 0 Å². The highest BCUT2D eigenvalue weighted by Crippen LogP contribution is 2.29. The van der Waals surface area contributed by atoms with Crippen molar-refractivity contribution in [2.45, 2.75) is 13.3 Å². The lowest BCUT2D eigenvalue weighted by Crippen LogP contribution is -2.08. The van der Waals surface area contributed by atoms with Crippen LogP contribution in [0.4, 0.5) is 11.4 Å². The van der Waals surface area contributed by atoms with Crippen molar-refractivity contribution in [3.8, 4) is 5.88 Å². The zero-order valence-corrected chi connectivity index (χ0v) is 12.9. The first kappa shape index (κ1) is 15.7. The Bertz CT molecular complexity index is 864. The van der Waals surface area contributed by atoms with E-state index in [1.165, 1.54) is 6.07 Å². The molecule has 124 valence electrons. The molecule has 0 aliphatic heterocycles. The molecule has 3 aromatic rings. The number of hydrogen-bond donors (Lipinski definition) is 1. The van der Waals surface area contributed by atoms with Crippen LogP contribution in [-0.2, 0) is 0 Å². The molecule has 0 saturated heterocycles. The van der Waals surface area contributed by atoms with Gasteiger partial charge in [0.25, 0.3) is 11.6 Å². The molecule has 0 bridgehead atoms. The first-order valence-electron chi connectivity index (χ1n) is 7.35. The average Bonchev–Trinajstić information content (AvgIpc) is 2.99. The normalized spacial score (nSPS) is 10.7. The lowest BCUT2D eigenvalue weighted by molar-refractivity contribution is -0.383. The zero-order chi connectivity index (χ0) is 16.9. The number of hydrogen-bond acceptors (Lipinski definition) is 8. The van der Waals surface area contributed by atoms with Gasteiger partial charge in [0, 0.05) is 18.8 Å². The number of aryl methyl sites for hydroxylation is 1. The number of nitro benzene ring substituents is 1. The van der Waals surface area contributed by atoms with Gasteiger partial charge in [0.05, 0.1) is 22.6 Å². The third kappa shape index (κ3) is 3.24. The van der Waals surface area contributed by atoms with E-state index in [4.69, 9.17) is 4.74 Å². The lowest BCUT2D eigenvalue weighted by Gasteiger charge is -2.09. The van der Waals surface area contributed by atoms with Crippen LogP contribution in [0.5, 0.6) is 5.88 Å². The van der Waals surface area contributed by atoms with E-state index >= 15 is 0 Å². The highest BCUT2D eigenvalue weighted by molar-refractivity contribution is 5.96. The fourth-order valence-electron chi connectivity index (χ4n) is 2.28. The van der Waals surface area contributed by atoms with Crippen LogP contribution in [0.2, 0.25) is 0 Å². The summed E-state index contributed by atoms with van der Waals surface area (Å²) in [5.74, 6) is 0.387. The fraction of sp³-hybridized carbons (Fsp3) is 0.267. The summed E-state index contributed by atoms with van der Waals surface area (Å²) < 4.78 is 9.99. The maximum atomic E-state index is 11.1. The standard InChI is InChI=1S/C15H15N5O4/c1-10-15(19-24-18-10)23-9-3-8-16-12-5-6-13(20(21)22)11-4-2-7-17-14(11)12/h2,4-7,16H,3,8-9H2,1H3. The maximum Gasteiger partial charge on any atom is 0.278 e. The first-order valence-corrected chi connectivity index (χ1v) is 7.35. The minimum absolute atomic E-state index is 0.0426. The second-order valence-electron chi connectivity index (χ2n) is 5.07. The Morgan fingerprint density at radius 1 is 1.33 bits per heavy atom. The largest absolute Gasteiger partial charge is 0.474 e. The molecular formula is C15H15N5O4. The van der Waals surface area contributed by atoms with Crippen LogP contribution in [0, 0.1) is 17.0 Å². The van der Waals surface area contributed by atoms with Crippen LogP contribution in [-0.4, -0.2) is 33.4 Å². The number of nitrogens with one attached hydrogen (secondary N) is 1. The second-order valence-corrected chi connectivity index (χ2v) is 5.07. The van der Waals surface area contributed by atoms with Crippen molar-refractivity contribution >= 4 is 22.3 Å². The van der Waals surface area contributed by atoms with E-state index in [9.17, 15) is 10.1 Å². The monoisotopic (exact) mass is 329 g/mol. The highest BCUT2D eigenvalue weighted by Gasteiger charge is 2.14. The summed E-state index contributed by atoms with van der Waals surface area (Å²) in [6.07, 6.45) is 2.32. The molecule has 1 N–H and O–H groups in total. The van der Waals surface area contributed by atoms with E-state index in [-0.39, 0.29) is 5.69 Å². The van der Waals surface area contributed by atoms with Crippen molar-refractivity contribution in [2.75, 3.05) is 18.5 Å². The Kier molecular flexibility index (Phi) is 4.50. The third-order valence-electron chi connectivity index (χ3n) is 3.43. The minimum Gasteiger partial charge on any atom is -0.474 e. The topological polar surface area (TPSA) is 116 Å². The van der Waals surface area contributed by atoms with E-state index in [1.54, 1.807) is 31.3 Å². The lowest BCUT2D eigenvalue weighted by atomic mass is 10.1. The van der Waals surface area contributed by atoms with E-state index in [0.717, 1.165) is 5.69 Å². The van der Waals surface area contributed by atoms with Crippen LogP contribution in [0.3, 0.4) is 0 Å². The minimum atomic E-state index is -0.407. The Labute approximate surface area is 136 Å². The molecule has 3 rings (SSSR count). The number of aromatic nitrogens is 3. The summed E-state index contributed by atoms with van der Waals surface area (Å²) in [4.78, 5) is 14.9. The molecule has 0 saturated carbocycles. The summed E-state index contributed by atoms with van der Waals surface area (Å²) in [7, 11) is 0. The van der Waals surface area contributed by atoms with Gasteiger partial charge in [0.2, 0.25) is 0 Å². The van der Waals surface area contributed by atoms with Crippen LogP contribution in [0.15, 0.2) is 35.1 Å². The molecule has 0 amide bonds. The summed E-state index contributed by atoms with van der Waals surface area (Å²) >= 11 is 0. The molecule has 0 spiro atoms.